The van der Waals surface area contributed by atoms with Crippen LogP contribution in [-0.2, 0) is 18.4 Å². The zero-order valence-corrected chi connectivity index (χ0v) is 57.9. The number of aliphatic hydroxyl groups is 1. The Hall–Kier alpha value is -2.84. The molecule has 0 aliphatic carbocycles. The number of likely N-dealkylation sites (N-methyl/N-ethyl adjacent to an activating group) is 1. The maximum atomic E-state index is 13.1. The second kappa shape index (κ2) is 66.6. The van der Waals surface area contributed by atoms with Gasteiger partial charge in [-0.3, -0.25) is 13.8 Å². The van der Waals surface area contributed by atoms with E-state index >= 15 is 0 Å². The number of hydrogen-bond donors (Lipinski definition) is 3. The van der Waals surface area contributed by atoms with E-state index in [1.165, 1.54) is 199 Å². The van der Waals surface area contributed by atoms with Crippen LogP contribution in [0.3, 0.4) is 0 Å². The molecule has 3 atom stereocenters. The van der Waals surface area contributed by atoms with Crippen LogP contribution in [0.15, 0.2) is 109 Å². The molecule has 3 unspecified atom stereocenters. The lowest BCUT2D eigenvalue weighted by atomic mass is 10.0. The molecule has 0 saturated carbocycles. The molecule has 0 spiro atoms. The topological polar surface area (TPSA) is 105 Å². The Labute approximate surface area is 533 Å². The second-order valence-corrected chi connectivity index (χ2v) is 27.0. The predicted octanol–water partition coefficient (Wildman–Crippen LogP) is 23.4. The number of amides is 1. The highest BCUT2D eigenvalue weighted by Crippen LogP contribution is 2.43. The van der Waals surface area contributed by atoms with Crippen molar-refractivity contribution in [3.8, 4) is 0 Å². The molecule has 9 heteroatoms. The van der Waals surface area contributed by atoms with Crippen molar-refractivity contribution >= 4 is 13.7 Å². The Kier molecular flexibility index (Phi) is 64.4. The fraction of sp³-hybridized carbons (Fsp3) is 0.753. The first-order valence-electron chi connectivity index (χ1n) is 36.3. The molecule has 0 aliphatic rings. The molecule has 8 nitrogen and oxygen atoms in total. The Morgan fingerprint density at radius 3 is 1.02 bits per heavy atom. The molecule has 0 heterocycles. The first kappa shape index (κ1) is 83.2. The van der Waals surface area contributed by atoms with Gasteiger partial charge in [-0.25, -0.2) is 4.57 Å². The van der Waals surface area contributed by atoms with Crippen molar-refractivity contribution in [2.75, 3.05) is 40.9 Å². The van der Waals surface area contributed by atoms with Crippen molar-refractivity contribution in [1.82, 2.24) is 5.32 Å². The molecule has 0 aromatic rings. The molecule has 1 amide bonds. The highest BCUT2D eigenvalue weighted by molar-refractivity contribution is 7.47. The van der Waals surface area contributed by atoms with Crippen LogP contribution >= 0.6 is 7.82 Å². The number of rotatable bonds is 66. The number of carbonyl (C=O) groups is 1. The fourth-order valence-electron chi connectivity index (χ4n) is 10.5. The smallest absolute Gasteiger partial charge is 0.391 e. The number of carbonyl (C=O) groups excluding carboxylic acids is 1. The van der Waals surface area contributed by atoms with Gasteiger partial charge in [0, 0.05) is 6.42 Å². The molecule has 0 bridgehead atoms. The summed E-state index contributed by atoms with van der Waals surface area (Å²) in [6.07, 6.45) is 97.6. The largest absolute Gasteiger partial charge is 0.472 e. The van der Waals surface area contributed by atoms with Gasteiger partial charge in [0.25, 0.3) is 0 Å². The lowest BCUT2D eigenvalue weighted by Crippen LogP contribution is -2.46. The molecule has 0 aliphatic heterocycles. The molecule has 0 aromatic carbocycles. The summed E-state index contributed by atoms with van der Waals surface area (Å²) in [4.78, 5) is 23.5. The summed E-state index contributed by atoms with van der Waals surface area (Å²) in [6.45, 7) is 4.80. The summed E-state index contributed by atoms with van der Waals surface area (Å²) in [5.41, 5.74) is 0. The number of unbranched alkanes of at least 4 members (excludes halogenated alkanes) is 35. The van der Waals surface area contributed by atoms with Crippen molar-refractivity contribution < 1.29 is 32.9 Å². The fourth-order valence-corrected chi connectivity index (χ4v) is 11.2. The van der Waals surface area contributed by atoms with Crippen LogP contribution in [0, 0.1) is 0 Å². The van der Waals surface area contributed by atoms with E-state index in [0.717, 1.165) is 96.3 Å². The Morgan fingerprint density at radius 2 is 0.698 bits per heavy atom. The summed E-state index contributed by atoms with van der Waals surface area (Å²) < 4.78 is 23.9. The standard InChI is InChI=1S/C77H139N2O6P/c1-6-8-10-12-14-16-18-20-22-24-26-28-30-32-33-34-35-36-37-38-39-40-41-42-43-44-45-47-49-51-53-55-57-59-61-63-65-67-69-71-77(81)78-75(74-85-86(82,83)84-73-72-79(3,4)5)76(80)70-68-66-64-62-60-58-56-54-52-50-48-46-31-29-27-25-23-21-19-17-15-13-11-9-7-2/h8,10,14,16,20,22,26,28,32-33,35-36,38-39,41-42,44-45,75-76,80H,6-7,9,11-13,15,17-19,21,23-25,27,29-31,34,37,40,43,46-74H2,1-5H3,(H-,78,81,82,83)/p+1/b10-8-,16-14-,22-20-,28-26-,33-32-,36-35-,39-38-,42-41-,45-44-. The van der Waals surface area contributed by atoms with Gasteiger partial charge in [-0.1, -0.05) is 342 Å². The first-order chi connectivity index (χ1) is 42.0. The molecule has 498 valence electrons. The first-order valence-corrected chi connectivity index (χ1v) is 37.7. The highest BCUT2D eigenvalue weighted by atomic mass is 31.2. The van der Waals surface area contributed by atoms with Crippen LogP contribution in [0.5, 0.6) is 0 Å². The lowest BCUT2D eigenvalue weighted by molar-refractivity contribution is -0.870. The molecule has 3 N–H and O–H groups in total. The van der Waals surface area contributed by atoms with Crippen LogP contribution in [0.2, 0.25) is 0 Å². The number of hydrogen-bond acceptors (Lipinski definition) is 5. The number of nitrogens with zero attached hydrogens (tertiary/aromatic N) is 1. The molecule has 86 heavy (non-hydrogen) atoms. The van der Waals surface area contributed by atoms with Crippen LogP contribution in [0.4, 0.5) is 0 Å². The van der Waals surface area contributed by atoms with E-state index in [1.807, 2.05) is 21.1 Å². The van der Waals surface area contributed by atoms with Crippen LogP contribution in [-0.4, -0.2) is 73.4 Å². The van der Waals surface area contributed by atoms with Crippen molar-refractivity contribution in [2.24, 2.45) is 0 Å². The van der Waals surface area contributed by atoms with E-state index in [1.54, 1.807) is 0 Å². The molecule has 0 radical (unpaired) electrons. The van der Waals surface area contributed by atoms with E-state index in [2.05, 4.69) is 129 Å². The van der Waals surface area contributed by atoms with Gasteiger partial charge < -0.3 is 19.8 Å². The summed E-state index contributed by atoms with van der Waals surface area (Å²) in [5.74, 6) is -0.147. The van der Waals surface area contributed by atoms with Gasteiger partial charge in [-0.15, -0.1) is 0 Å². The maximum absolute atomic E-state index is 13.1. The quantitative estimate of drug-likeness (QED) is 0.0243. The number of nitrogens with one attached hydrogen (secondary N) is 1. The average Bonchev–Trinajstić information content (AvgIpc) is 3.70. The number of phosphoric acid groups is 1. The monoisotopic (exact) mass is 1220 g/mol. The van der Waals surface area contributed by atoms with Gasteiger partial charge in [0.1, 0.15) is 13.2 Å². The minimum absolute atomic E-state index is 0.0707. The molecular weight excluding hydrogens is 1080 g/mol. The molecule has 0 fully saturated rings. The third-order valence-corrected chi connectivity index (χ3v) is 17.0. The summed E-state index contributed by atoms with van der Waals surface area (Å²) >= 11 is 0. The van der Waals surface area contributed by atoms with Gasteiger partial charge >= 0.3 is 7.82 Å². The van der Waals surface area contributed by atoms with E-state index in [-0.39, 0.29) is 19.1 Å². The zero-order valence-electron chi connectivity index (χ0n) is 57.0. The van der Waals surface area contributed by atoms with Gasteiger partial charge in [-0.05, 0) is 83.5 Å². The second-order valence-electron chi connectivity index (χ2n) is 25.6. The lowest BCUT2D eigenvalue weighted by Gasteiger charge is -2.26. The van der Waals surface area contributed by atoms with Crippen molar-refractivity contribution in [2.45, 2.75) is 334 Å². The maximum Gasteiger partial charge on any atom is 0.472 e. The Morgan fingerprint density at radius 1 is 0.407 bits per heavy atom. The van der Waals surface area contributed by atoms with Crippen molar-refractivity contribution in [3.05, 3.63) is 109 Å². The minimum Gasteiger partial charge on any atom is -0.391 e. The van der Waals surface area contributed by atoms with Crippen LogP contribution in [0.1, 0.15) is 322 Å². The van der Waals surface area contributed by atoms with Crippen LogP contribution < -0.4 is 5.32 Å². The minimum atomic E-state index is -4.34. The van der Waals surface area contributed by atoms with Gasteiger partial charge in [0.05, 0.1) is 39.9 Å². The molecule has 0 aromatic heterocycles. The van der Waals surface area contributed by atoms with E-state index in [9.17, 15) is 19.4 Å². The molecular formula is C77H140N2O6P+. The third kappa shape index (κ3) is 68.6. The van der Waals surface area contributed by atoms with Gasteiger partial charge in [0.15, 0.2) is 0 Å². The number of phosphoric ester groups is 1. The Bertz CT molecular complexity index is 1770. The van der Waals surface area contributed by atoms with Crippen molar-refractivity contribution in [1.29, 1.82) is 0 Å². The average molecular weight is 1220 g/mol. The zero-order chi connectivity index (χ0) is 62.6. The van der Waals surface area contributed by atoms with Crippen LogP contribution in [0.25, 0.3) is 0 Å². The van der Waals surface area contributed by atoms with E-state index in [4.69, 9.17) is 9.05 Å². The number of aliphatic hydroxyl groups excluding tert-OH is 1. The molecule has 0 saturated heterocycles. The Balaban J connectivity index is 4.06. The van der Waals surface area contributed by atoms with Crippen molar-refractivity contribution in [3.63, 3.8) is 0 Å². The van der Waals surface area contributed by atoms with Gasteiger partial charge in [0.2, 0.25) is 5.91 Å². The predicted molar refractivity (Wildman–Crippen MR) is 378 cm³/mol. The number of allylic oxidation sites excluding steroid dienone is 18. The SMILES string of the molecule is CC/C=C\C/C=C\C/C=C\C/C=C\C/C=C\C/C=C\C/C=C\C/C=C\C/C=C\CCCCCCCCCCCCCC(=O)NC(COP(=O)(O)OCC[N+](C)(C)C)C(O)CCCCCCCCCCCCCCCCCCCCCCCCCCC. The van der Waals surface area contributed by atoms with E-state index < -0.39 is 20.0 Å². The molecule has 0 rings (SSSR count). The summed E-state index contributed by atoms with van der Waals surface area (Å²) in [6, 6.07) is -0.770. The highest BCUT2D eigenvalue weighted by Gasteiger charge is 2.28. The number of quaternary nitrogens is 1. The third-order valence-electron chi connectivity index (χ3n) is 16.0. The summed E-state index contributed by atoms with van der Waals surface area (Å²) in [7, 11) is 1.61. The summed E-state index contributed by atoms with van der Waals surface area (Å²) in [5, 5.41) is 14.2. The van der Waals surface area contributed by atoms with Gasteiger partial charge in [-0.2, -0.15) is 0 Å². The normalized spacial score (nSPS) is 14.3. The van der Waals surface area contributed by atoms with E-state index in [0.29, 0.717) is 23.9 Å².